The summed E-state index contributed by atoms with van der Waals surface area (Å²) in [5.41, 5.74) is 1.51. The van der Waals surface area contributed by atoms with Crippen LogP contribution in [0.5, 0.6) is 11.7 Å². The standard InChI is InChI=1S/C21H19ClO5/c1-4-13-11-17(23)16-9-10-18(25-3)26-20(16)19(13)27-21(24)12(2)14-5-7-15(22)8-6-14/h5-12H,4H2,1-3H3. The van der Waals surface area contributed by atoms with Crippen LogP contribution in [0.15, 0.2) is 51.7 Å². The van der Waals surface area contributed by atoms with Gasteiger partial charge in [0.25, 0.3) is 5.95 Å². The van der Waals surface area contributed by atoms with Crippen LogP contribution in [0.2, 0.25) is 5.02 Å². The second-order valence-corrected chi connectivity index (χ2v) is 6.55. The SMILES string of the molecule is CCc1cc(=O)c2ccc(OC)oc-2c1OC(=O)C(C)c1ccc(Cl)cc1. The third kappa shape index (κ3) is 3.83. The van der Waals surface area contributed by atoms with E-state index >= 15 is 0 Å². The Morgan fingerprint density at radius 1 is 1.19 bits per heavy atom. The molecule has 5 nitrogen and oxygen atoms in total. The fourth-order valence-electron chi connectivity index (χ4n) is 2.79. The minimum atomic E-state index is -0.514. The number of rotatable bonds is 5. The van der Waals surface area contributed by atoms with E-state index < -0.39 is 11.9 Å². The lowest BCUT2D eigenvalue weighted by atomic mass is 10.0. The molecule has 0 saturated carbocycles. The number of benzene rings is 2. The van der Waals surface area contributed by atoms with E-state index in [1.807, 2.05) is 6.92 Å². The summed E-state index contributed by atoms with van der Waals surface area (Å²) in [7, 11) is 1.46. The van der Waals surface area contributed by atoms with Gasteiger partial charge in [-0.25, -0.2) is 0 Å². The Labute approximate surface area is 161 Å². The number of carbonyl (C=O) groups is 1. The molecule has 0 amide bonds. The topological polar surface area (TPSA) is 65.7 Å². The van der Waals surface area contributed by atoms with Gasteiger partial charge in [-0.05, 0) is 43.2 Å². The Balaban J connectivity index is 2.02. The van der Waals surface area contributed by atoms with Gasteiger partial charge in [-0.15, -0.1) is 0 Å². The zero-order valence-electron chi connectivity index (χ0n) is 15.2. The minimum absolute atomic E-state index is 0.196. The minimum Gasteiger partial charge on any atom is -0.468 e. The van der Waals surface area contributed by atoms with Gasteiger partial charge in [0.2, 0.25) is 0 Å². The van der Waals surface area contributed by atoms with Crippen molar-refractivity contribution in [2.75, 3.05) is 7.11 Å². The summed E-state index contributed by atoms with van der Waals surface area (Å²) in [6.45, 7) is 3.62. The lowest BCUT2D eigenvalue weighted by Gasteiger charge is -2.17. The van der Waals surface area contributed by atoms with Gasteiger partial charge in [-0.2, -0.15) is 0 Å². The molecule has 1 aromatic carbocycles. The largest absolute Gasteiger partial charge is 0.468 e. The quantitative estimate of drug-likeness (QED) is 0.470. The molecule has 1 unspecified atom stereocenters. The number of methoxy groups -OCH3 is 1. The van der Waals surface area contributed by atoms with Crippen LogP contribution in [0, 0.1) is 0 Å². The van der Waals surface area contributed by atoms with E-state index in [0.717, 1.165) is 5.56 Å². The molecule has 0 N–H and O–H groups in total. The Morgan fingerprint density at radius 2 is 1.89 bits per heavy atom. The summed E-state index contributed by atoms with van der Waals surface area (Å²) >= 11 is 5.90. The van der Waals surface area contributed by atoms with Gasteiger partial charge in [-0.3, -0.25) is 9.59 Å². The molecule has 3 rings (SSSR count). The summed E-state index contributed by atoms with van der Waals surface area (Å²) in [6, 6.07) is 11.6. The van der Waals surface area contributed by atoms with Crippen molar-refractivity contribution in [2.24, 2.45) is 0 Å². The molecule has 1 aliphatic heterocycles. The Hall–Kier alpha value is -2.79. The van der Waals surface area contributed by atoms with Crippen molar-refractivity contribution < 1.29 is 18.7 Å². The van der Waals surface area contributed by atoms with E-state index in [-0.39, 0.29) is 22.9 Å². The van der Waals surface area contributed by atoms with Crippen LogP contribution in [-0.2, 0) is 11.2 Å². The molecule has 0 saturated heterocycles. The first kappa shape index (κ1) is 19.0. The van der Waals surface area contributed by atoms with Crippen LogP contribution in [0.4, 0.5) is 0 Å². The summed E-state index contributed by atoms with van der Waals surface area (Å²) < 4.78 is 16.4. The maximum absolute atomic E-state index is 12.7. The van der Waals surface area contributed by atoms with E-state index in [2.05, 4.69) is 0 Å². The van der Waals surface area contributed by atoms with Crippen LogP contribution in [0.25, 0.3) is 11.3 Å². The molecular formula is C21H19ClO5. The molecular weight excluding hydrogens is 368 g/mol. The van der Waals surface area contributed by atoms with Gasteiger partial charge in [-0.1, -0.05) is 30.7 Å². The predicted molar refractivity (Wildman–Crippen MR) is 103 cm³/mol. The first-order valence-electron chi connectivity index (χ1n) is 8.55. The second kappa shape index (κ2) is 7.84. The number of aryl methyl sites for hydroxylation is 1. The highest BCUT2D eigenvalue weighted by Crippen LogP contribution is 2.36. The van der Waals surface area contributed by atoms with Gasteiger partial charge >= 0.3 is 5.97 Å². The van der Waals surface area contributed by atoms with E-state index in [0.29, 0.717) is 22.6 Å². The van der Waals surface area contributed by atoms with Gasteiger partial charge < -0.3 is 13.9 Å². The zero-order valence-corrected chi connectivity index (χ0v) is 16.0. The lowest BCUT2D eigenvalue weighted by Crippen LogP contribution is -2.19. The molecule has 1 aromatic rings. The van der Waals surface area contributed by atoms with Crippen LogP contribution in [0.1, 0.15) is 30.9 Å². The van der Waals surface area contributed by atoms with Crippen molar-refractivity contribution >= 4 is 17.6 Å². The maximum Gasteiger partial charge on any atom is 0.318 e. The molecule has 1 atom stereocenters. The summed E-state index contributed by atoms with van der Waals surface area (Å²) in [5.74, 6) is -0.296. The summed E-state index contributed by atoms with van der Waals surface area (Å²) in [5, 5.41) is 0.593. The van der Waals surface area contributed by atoms with Crippen molar-refractivity contribution in [3.05, 3.63) is 68.8 Å². The maximum atomic E-state index is 12.7. The summed E-state index contributed by atoms with van der Waals surface area (Å²) in [6.07, 6.45) is 0.510. The number of hydrogen-bond acceptors (Lipinski definition) is 5. The highest BCUT2D eigenvalue weighted by atomic mass is 35.5. The Morgan fingerprint density at radius 3 is 2.52 bits per heavy atom. The summed E-state index contributed by atoms with van der Waals surface area (Å²) in [4.78, 5) is 25.1. The molecule has 1 aliphatic carbocycles. The Bertz CT molecular complexity index is 991. The van der Waals surface area contributed by atoms with Crippen LogP contribution in [-0.4, -0.2) is 13.1 Å². The number of ether oxygens (including phenoxy) is 2. The van der Waals surface area contributed by atoms with Crippen LogP contribution in [0.3, 0.4) is 0 Å². The number of hydrogen-bond donors (Lipinski definition) is 0. The van der Waals surface area contributed by atoms with Crippen LogP contribution >= 0.6 is 11.6 Å². The lowest BCUT2D eigenvalue weighted by molar-refractivity contribution is -0.135. The van der Waals surface area contributed by atoms with Crippen molar-refractivity contribution in [3.63, 3.8) is 0 Å². The normalized spacial score (nSPS) is 12.0. The van der Waals surface area contributed by atoms with E-state index in [1.165, 1.54) is 13.2 Å². The molecule has 0 fully saturated rings. The second-order valence-electron chi connectivity index (χ2n) is 6.11. The van der Waals surface area contributed by atoms with Crippen LogP contribution < -0.4 is 14.9 Å². The highest BCUT2D eigenvalue weighted by molar-refractivity contribution is 6.30. The molecule has 27 heavy (non-hydrogen) atoms. The van der Waals surface area contributed by atoms with E-state index in [9.17, 15) is 9.59 Å². The molecule has 0 aromatic heterocycles. The number of carbonyl (C=O) groups excluding carboxylic acids is 1. The molecule has 6 heteroatoms. The fraction of sp³-hybridized carbons (Fsp3) is 0.238. The number of esters is 1. The molecule has 0 spiro atoms. The van der Waals surface area contributed by atoms with Gasteiger partial charge in [0.05, 0.1) is 18.6 Å². The average molecular weight is 387 g/mol. The highest BCUT2D eigenvalue weighted by Gasteiger charge is 2.25. The zero-order chi connectivity index (χ0) is 19.6. The smallest absolute Gasteiger partial charge is 0.318 e. The fourth-order valence-corrected chi connectivity index (χ4v) is 2.91. The van der Waals surface area contributed by atoms with Gasteiger partial charge in [0.15, 0.2) is 16.9 Å². The molecule has 2 aliphatic rings. The van der Waals surface area contributed by atoms with Gasteiger partial charge in [0.1, 0.15) is 0 Å². The number of halogens is 1. The third-order valence-corrected chi connectivity index (χ3v) is 4.66. The van der Waals surface area contributed by atoms with Crippen molar-refractivity contribution in [1.82, 2.24) is 0 Å². The monoisotopic (exact) mass is 386 g/mol. The first-order chi connectivity index (χ1) is 12.9. The molecule has 0 bridgehead atoms. The van der Waals surface area contributed by atoms with Crippen molar-refractivity contribution in [2.45, 2.75) is 26.2 Å². The predicted octanol–water partition coefficient (Wildman–Crippen LogP) is 4.68. The average Bonchev–Trinajstić information content (AvgIpc) is 2.69. The Kier molecular flexibility index (Phi) is 5.51. The van der Waals surface area contributed by atoms with Gasteiger partial charge in [0, 0.05) is 16.7 Å². The van der Waals surface area contributed by atoms with E-state index in [4.69, 9.17) is 25.5 Å². The molecule has 140 valence electrons. The van der Waals surface area contributed by atoms with Crippen molar-refractivity contribution in [3.8, 4) is 23.0 Å². The third-order valence-electron chi connectivity index (χ3n) is 4.41. The van der Waals surface area contributed by atoms with E-state index in [1.54, 1.807) is 43.3 Å². The molecule has 1 heterocycles. The molecule has 0 radical (unpaired) electrons. The number of fused-ring (bicyclic) bond motifs is 1. The first-order valence-corrected chi connectivity index (χ1v) is 8.93. The van der Waals surface area contributed by atoms with Crippen molar-refractivity contribution in [1.29, 1.82) is 0 Å².